The van der Waals surface area contributed by atoms with Crippen LogP contribution in [0.1, 0.15) is 39.2 Å². The fourth-order valence-corrected chi connectivity index (χ4v) is 4.45. The molecule has 1 fully saturated rings. The second kappa shape index (κ2) is 6.30. The number of aliphatic hydroxyl groups excluding tert-OH is 1. The van der Waals surface area contributed by atoms with Gasteiger partial charge in [-0.15, -0.1) is 0 Å². The van der Waals surface area contributed by atoms with E-state index in [0.717, 1.165) is 23.1 Å². The summed E-state index contributed by atoms with van der Waals surface area (Å²) >= 11 is 0. The molecular weight excluding hydrogens is 312 g/mol. The smallest absolute Gasteiger partial charge is 0.312 e. The first-order valence-electron chi connectivity index (χ1n) is 8.86. The average molecular weight is 338 g/mol. The van der Waals surface area contributed by atoms with Crippen LogP contribution in [0.2, 0.25) is 0 Å². The highest BCUT2D eigenvalue weighted by molar-refractivity contribution is 5.78. The van der Waals surface area contributed by atoms with Gasteiger partial charge < -0.3 is 10.2 Å². The molecule has 25 heavy (non-hydrogen) atoms. The maximum absolute atomic E-state index is 12.2. The van der Waals surface area contributed by atoms with Gasteiger partial charge in [0, 0.05) is 5.41 Å². The van der Waals surface area contributed by atoms with Crippen molar-refractivity contribution in [2.75, 3.05) is 0 Å². The number of hydrogen-bond donors (Lipinski definition) is 2. The van der Waals surface area contributed by atoms with Crippen LogP contribution in [0.4, 0.5) is 0 Å². The summed E-state index contributed by atoms with van der Waals surface area (Å²) in [5, 5.41) is 20.6. The summed E-state index contributed by atoms with van der Waals surface area (Å²) in [7, 11) is 0. The van der Waals surface area contributed by atoms with Crippen molar-refractivity contribution in [3.63, 3.8) is 0 Å². The van der Waals surface area contributed by atoms with Gasteiger partial charge in [0.15, 0.2) is 0 Å². The summed E-state index contributed by atoms with van der Waals surface area (Å²) in [5.74, 6) is -0.660. The van der Waals surface area contributed by atoms with Crippen LogP contribution in [-0.2, 0) is 10.2 Å². The number of hydrogen-bond acceptors (Lipinski definition) is 2. The van der Waals surface area contributed by atoms with E-state index in [0.29, 0.717) is 6.42 Å². The fraction of sp³-hybridized carbons (Fsp3) is 0.409. The highest BCUT2D eigenvalue weighted by Crippen LogP contribution is 2.54. The van der Waals surface area contributed by atoms with Crippen LogP contribution < -0.4 is 0 Å². The Balaban J connectivity index is 2.13. The van der Waals surface area contributed by atoms with Crippen molar-refractivity contribution in [3.8, 4) is 11.1 Å². The van der Waals surface area contributed by atoms with E-state index >= 15 is 0 Å². The molecule has 0 aliphatic heterocycles. The molecule has 3 heteroatoms. The van der Waals surface area contributed by atoms with Gasteiger partial charge in [-0.2, -0.15) is 0 Å². The second-order valence-corrected chi connectivity index (χ2v) is 7.85. The number of aliphatic hydroxyl groups is 1. The van der Waals surface area contributed by atoms with Crippen molar-refractivity contribution >= 4 is 5.97 Å². The minimum Gasteiger partial charge on any atom is -0.481 e. The Hall–Kier alpha value is -2.13. The third-order valence-electron chi connectivity index (χ3n) is 6.25. The Labute approximate surface area is 149 Å². The Morgan fingerprint density at radius 3 is 2.32 bits per heavy atom. The van der Waals surface area contributed by atoms with E-state index in [1.807, 2.05) is 43.3 Å². The van der Waals surface area contributed by atoms with Crippen molar-refractivity contribution in [2.45, 2.75) is 45.1 Å². The molecule has 0 aromatic heterocycles. The maximum Gasteiger partial charge on any atom is 0.312 e. The van der Waals surface area contributed by atoms with Crippen LogP contribution in [0.25, 0.3) is 11.1 Å². The molecule has 3 nitrogen and oxygen atoms in total. The van der Waals surface area contributed by atoms with E-state index in [1.165, 1.54) is 0 Å². The topological polar surface area (TPSA) is 57.5 Å². The van der Waals surface area contributed by atoms with Gasteiger partial charge in [0.1, 0.15) is 5.41 Å². The zero-order chi connectivity index (χ0) is 18.2. The molecule has 2 aromatic carbocycles. The van der Waals surface area contributed by atoms with E-state index in [1.54, 1.807) is 6.92 Å². The number of aliphatic carboxylic acids is 1. The first-order chi connectivity index (χ1) is 11.8. The molecule has 0 heterocycles. The Morgan fingerprint density at radius 2 is 1.68 bits per heavy atom. The zero-order valence-corrected chi connectivity index (χ0v) is 15.1. The SMILES string of the molecule is CC1CC(O)C(C)(C(=O)O)C(C)(c2cccc(-c3ccccc3)c2)C1. The Bertz CT molecular complexity index is 770. The molecule has 4 atom stereocenters. The monoisotopic (exact) mass is 338 g/mol. The van der Waals surface area contributed by atoms with E-state index in [2.05, 4.69) is 25.1 Å². The second-order valence-electron chi connectivity index (χ2n) is 7.85. The molecule has 2 aromatic rings. The molecule has 1 saturated carbocycles. The summed E-state index contributed by atoms with van der Waals surface area (Å²) in [5.41, 5.74) is 1.30. The molecule has 0 bridgehead atoms. The number of carbonyl (C=O) groups is 1. The Kier molecular flexibility index (Phi) is 4.46. The van der Waals surface area contributed by atoms with Crippen LogP contribution in [0.15, 0.2) is 54.6 Å². The molecule has 0 spiro atoms. The first kappa shape index (κ1) is 17.7. The minimum atomic E-state index is -1.21. The standard InChI is InChI=1S/C22H26O3/c1-15-12-19(23)22(3,20(24)25)21(2,14-15)18-11-7-10-17(13-18)16-8-5-4-6-9-16/h4-11,13,15,19,23H,12,14H2,1-3H3,(H,24,25). The summed E-state index contributed by atoms with van der Waals surface area (Å²) in [6.45, 7) is 5.77. The van der Waals surface area contributed by atoms with Gasteiger partial charge in [-0.3, -0.25) is 4.79 Å². The number of rotatable bonds is 3. The predicted molar refractivity (Wildman–Crippen MR) is 99.4 cm³/mol. The lowest BCUT2D eigenvalue weighted by Crippen LogP contribution is -2.58. The molecule has 2 N–H and O–H groups in total. The molecule has 4 unspecified atom stereocenters. The van der Waals surface area contributed by atoms with Gasteiger partial charge in [-0.25, -0.2) is 0 Å². The molecule has 1 aliphatic carbocycles. The highest BCUT2D eigenvalue weighted by atomic mass is 16.4. The number of carboxylic acid groups (broad SMARTS) is 1. The molecular formula is C22H26O3. The van der Waals surface area contributed by atoms with Gasteiger partial charge in [0.25, 0.3) is 0 Å². The van der Waals surface area contributed by atoms with E-state index in [9.17, 15) is 15.0 Å². The van der Waals surface area contributed by atoms with Crippen LogP contribution >= 0.6 is 0 Å². The Morgan fingerprint density at radius 1 is 1.04 bits per heavy atom. The average Bonchev–Trinajstić information content (AvgIpc) is 2.60. The van der Waals surface area contributed by atoms with E-state index < -0.39 is 22.9 Å². The van der Waals surface area contributed by atoms with Crippen LogP contribution in [0.3, 0.4) is 0 Å². The van der Waals surface area contributed by atoms with Crippen LogP contribution in [0, 0.1) is 11.3 Å². The molecule has 0 saturated heterocycles. The normalized spacial score (nSPS) is 32.3. The number of benzene rings is 2. The lowest BCUT2D eigenvalue weighted by atomic mass is 9.51. The molecule has 1 aliphatic rings. The minimum absolute atomic E-state index is 0.271. The van der Waals surface area contributed by atoms with E-state index in [4.69, 9.17) is 0 Å². The summed E-state index contributed by atoms with van der Waals surface area (Å²) in [6.07, 6.45) is 0.404. The van der Waals surface area contributed by atoms with Gasteiger partial charge in [0.2, 0.25) is 0 Å². The summed E-state index contributed by atoms with van der Waals surface area (Å²) < 4.78 is 0. The van der Waals surface area contributed by atoms with E-state index in [-0.39, 0.29) is 5.92 Å². The first-order valence-corrected chi connectivity index (χ1v) is 8.86. The van der Waals surface area contributed by atoms with Crippen molar-refractivity contribution < 1.29 is 15.0 Å². The van der Waals surface area contributed by atoms with Crippen LogP contribution in [0.5, 0.6) is 0 Å². The summed E-state index contributed by atoms with van der Waals surface area (Å²) in [4.78, 5) is 12.2. The highest BCUT2D eigenvalue weighted by Gasteiger charge is 2.59. The van der Waals surface area contributed by atoms with Gasteiger partial charge in [0.05, 0.1) is 6.10 Å². The van der Waals surface area contributed by atoms with Crippen LogP contribution in [-0.4, -0.2) is 22.3 Å². The van der Waals surface area contributed by atoms with Crippen molar-refractivity contribution in [2.24, 2.45) is 11.3 Å². The lowest BCUT2D eigenvalue weighted by molar-refractivity contribution is -0.169. The third-order valence-corrected chi connectivity index (χ3v) is 6.25. The van der Waals surface area contributed by atoms with Crippen molar-refractivity contribution in [3.05, 3.63) is 60.2 Å². The molecule has 0 amide bonds. The largest absolute Gasteiger partial charge is 0.481 e. The van der Waals surface area contributed by atoms with Gasteiger partial charge in [-0.1, -0.05) is 68.4 Å². The molecule has 3 rings (SSSR count). The zero-order valence-electron chi connectivity index (χ0n) is 15.1. The number of carboxylic acids is 1. The summed E-state index contributed by atoms with van der Waals surface area (Å²) in [6, 6.07) is 18.2. The molecule has 0 radical (unpaired) electrons. The van der Waals surface area contributed by atoms with Gasteiger partial charge >= 0.3 is 5.97 Å². The quantitative estimate of drug-likeness (QED) is 0.867. The van der Waals surface area contributed by atoms with Crippen molar-refractivity contribution in [1.82, 2.24) is 0 Å². The third kappa shape index (κ3) is 2.77. The fourth-order valence-electron chi connectivity index (χ4n) is 4.45. The maximum atomic E-state index is 12.2. The molecule has 132 valence electrons. The predicted octanol–water partition coefficient (Wildman–Crippen LogP) is 4.49. The van der Waals surface area contributed by atoms with Crippen molar-refractivity contribution in [1.29, 1.82) is 0 Å². The lowest BCUT2D eigenvalue weighted by Gasteiger charge is -2.52. The van der Waals surface area contributed by atoms with Gasteiger partial charge in [-0.05, 0) is 42.4 Å².